The first-order valence-electron chi connectivity index (χ1n) is 4.53. The molecule has 17 heavy (non-hydrogen) atoms. The van der Waals surface area contributed by atoms with Gasteiger partial charge in [0.2, 0.25) is 0 Å². The van der Waals surface area contributed by atoms with Gasteiger partial charge in [0.1, 0.15) is 0 Å². The van der Waals surface area contributed by atoms with Crippen molar-refractivity contribution in [2.45, 2.75) is 4.90 Å². The van der Waals surface area contributed by atoms with E-state index in [9.17, 15) is 5.11 Å². The normalized spacial score (nSPS) is 10.2. The van der Waals surface area contributed by atoms with E-state index in [1.54, 1.807) is 12.4 Å². The molecule has 2 heterocycles. The fourth-order valence-corrected chi connectivity index (χ4v) is 2.40. The SMILES string of the molecule is Oc1cc(Cl)cnc1NSc1cncc(Br)c1. The fraction of sp³-hybridized carbons (Fsp3) is 0. The first-order valence-corrected chi connectivity index (χ1v) is 6.52. The lowest BCUT2D eigenvalue weighted by molar-refractivity contribution is 0.476. The van der Waals surface area contributed by atoms with Gasteiger partial charge < -0.3 is 9.83 Å². The molecule has 0 radical (unpaired) electrons. The summed E-state index contributed by atoms with van der Waals surface area (Å²) in [6.07, 6.45) is 4.86. The average Bonchev–Trinajstić information content (AvgIpc) is 2.28. The fourth-order valence-electron chi connectivity index (χ4n) is 1.06. The molecular weight excluding hydrogens is 326 g/mol. The zero-order valence-electron chi connectivity index (χ0n) is 8.39. The molecule has 0 aliphatic rings. The molecule has 0 aliphatic heterocycles. The molecule has 2 aromatic rings. The summed E-state index contributed by atoms with van der Waals surface area (Å²) >= 11 is 10.3. The van der Waals surface area contributed by atoms with Crippen LogP contribution in [0.4, 0.5) is 5.82 Å². The van der Waals surface area contributed by atoms with Crippen molar-refractivity contribution < 1.29 is 5.11 Å². The van der Waals surface area contributed by atoms with Gasteiger partial charge in [-0.1, -0.05) is 11.6 Å². The highest BCUT2D eigenvalue weighted by molar-refractivity contribution is 9.10. The minimum atomic E-state index is 0.00737. The molecule has 88 valence electrons. The second-order valence-corrected chi connectivity index (χ2v) is 5.30. The standard InChI is InChI=1S/C10H7BrClN3OS/c11-6-1-8(5-13-3-6)17-15-10-9(16)2-7(12)4-14-10/h1-5,16H,(H,14,15). The third kappa shape index (κ3) is 3.49. The maximum atomic E-state index is 9.58. The maximum Gasteiger partial charge on any atom is 0.178 e. The number of halogens is 2. The van der Waals surface area contributed by atoms with Crippen LogP contribution < -0.4 is 4.72 Å². The molecule has 0 fully saturated rings. The monoisotopic (exact) mass is 331 g/mol. The highest BCUT2D eigenvalue weighted by atomic mass is 79.9. The zero-order valence-corrected chi connectivity index (χ0v) is 11.6. The molecule has 7 heteroatoms. The van der Waals surface area contributed by atoms with Crippen molar-refractivity contribution in [3.63, 3.8) is 0 Å². The van der Waals surface area contributed by atoms with Crippen LogP contribution >= 0.6 is 39.5 Å². The number of aromatic hydroxyl groups is 1. The summed E-state index contributed by atoms with van der Waals surface area (Å²) in [4.78, 5) is 8.89. The van der Waals surface area contributed by atoms with Crippen LogP contribution in [0.3, 0.4) is 0 Å². The Morgan fingerprint density at radius 3 is 2.82 bits per heavy atom. The average molecular weight is 333 g/mol. The number of nitrogens with zero attached hydrogens (tertiary/aromatic N) is 2. The minimum absolute atomic E-state index is 0.00737. The van der Waals surface area contributed by atoms with E-state index in [1.807, 2.05) is 6.07 Å². The van der Waals surface area contributed by atoms with Gasteiger partial charge in [0.25, 0.3) is 0 Å². The lowest BCUT2D eigenvalue weighted by Crippen LogP contribution is -1.91. The van der Waals surface area contributed by atoms with Gasteiger partial charge in [0.15, 0.2) is 11.6 Å². The predicted molar refractivity (Wildman–Crippen MR) is 72.3 cm³/mol. The van der Waals surface area contributed by atoms with Gasteiger partial charge in [-0.15, -0.1) is 0 Å². The summed E-state index contributed by atoms with van der Waals surface area (Å²) < 4.78 is 3.81. The van der Waals surface area contributed by atoms with Crippen LogP contribution in [0.1, 0.15) is 0 Å². The van der Waals surface area contributed by atoms with Crippen molar-refractivity contribution in [3.8, 4) is 5.75 Å². The van der Waals surface area contributed by atoms with E-state index in [0.29, 0.717) is 10.8 Å². The molecule has 2 rings (SSSR count). The van der Waals surface area contributed by atoms with Crippen LogP contribution in [-0.2, 0) is 0 Å². The number of aromatic nitrogens is 2. The molecule has 0 unspecified atom stereocenters. The van der Waals surface area contributed by atoms with Crippen molar-refractivity contribution in [2.75, 3.05) is 4.72 Å². The Morgan fingerprint density at radius 1 is 1.29 bits per heavy atom. The molecule has 0 saturated carbocycles. The van der Waals surface area contributed by atoms with E-state index < -0.39 is 0 Å². The van der Waals surface area contributed by atoms with Gasteiger partial charge in [-0.3, -0.25) is 4.98 Å². The molecule has 0 saturated heterocycles. The number of hydrogen-bond acceptors (Lipinski definition) is 5. The van der Waals surface area contributed by atoms with E-state index in [-0.39, 0.29) is 5.75 Å². The van der Waals surface area contributed by atoms with Gasteiger partial charge in [-0.2, -0.15) is 0 Å². The van der Waals surface area contributed by atoms with Crippen molar-refractivity contribution in [1.82, 2.24) is 9.97 Å². The molecule has 2 N–H and O–H groups in total. The number of pyridine rings is 2. The van der Waals surface area contributed by atoms with Crippen LogP contribution in [0, 0.1) is 0 Å². The topological polar surface area (TPSA) is 58.0 Å². The summed E-state index contributed by atoms with van der Waals surface area (Å²) in [6, 6.07) is 3.33. The minimum Gasteiger partial charge on any atom is -0.504 e. The Bertz CT molecular complexity index is 541. The first kappa shape index (κ1) is 12.5. The van der Waals surface area contributed by atoms with Crippen molar-refractivity contribution in [1.29, 1.82) is 0 Å². The van der Waals surface area contributed by atoms with Crippen LogP contribution in [0.5, 0.6) is 5.75 Å². The smallest absolute Gasteiger partial charge is 0.178 e. The highest BCUT2D eigenvalue weighted by Gasteiger charge is 2.04. The summed E-state index contributed by atoms with van der Waals surface area (Å²) in [6.45, 7) is 0. The van der Waals surface area contributed by atoms with Crippen LogP contribution in [-0.4, -0.2) is 15.1 Å². The lowest BCUT2D eigenvalue weighted by Gasteiger charge is -2.06. The van der Waals surface area contributed by atoms with E-state index >= 15 is 0 Å². The third-order valence-corrected chi connectivity index (χ3v) is 3.17. The Kier molecular flexibility index (Phi) is 4.09. The van der Waals surface area contributed by atoms with E-state index in [1.165, 1.54) is 24.2 Å². The number of nitrogens with one attached hydrogen (secondary N) is 1. The predicted octanol–water partition coefficient (Wildman–Crippen LogP) is 3.72. The molecule has 0 atom stereocenters. The van der Waals surface area contributed by atoms with Gasteiger partial charge in [-0.25, -0.2) is 4.98 Å². The number of anilines is 1. The maximum absolute atomic E-state index is 9.58. The molecule has 4 nitrogen and oxygen atoms in total. The quantitative estimate of drug-likeness (QED) is 0.839. The van der Waals surface area contributed by atoms with E-state index in [4.69, 9.17) is 11.6 Å². The van der Waals surface area contributed by atoms with Crippen LogP contribution in [0.25, 0.3) is 0 Å². The lowest BCUT2D eigenvalue weighted by atomic mass is 10.4. The highest BCUT2D eigenvalue weighted by Crippen LogP contribution is 2.28. The van der Waals surface area contributed by atoms with Crippen molar-refractivity contribution in [3.05, 3.63) is 40.2 Å². The van der Waals surface area contributed by atoms with Crippen LogP contribution in [0.15, 0.2) is 40.1 Å². The summed E-state index contributed by atoms with van der Waals surface area (Å²) in [7, 11) is 0. The van der Waals surface area contributed by atoms with Crippen molar-refractivity contribution in [2.24, 2.45) is 0 Å². The summed E-state index contributed by atoms with van der Waals surface area (Å²) in [5.41, 5.74) is 0. The molecule has 0 aromatic carbocycles. The molecule has 2 aromatic heterocycles. The Hall–Kier alpha value is -0.980. The molecule has 0 bridgehead atoms. The zero-order chi connectivity index (χ0) is 12.3. The largest absolute Gasteiger partial charge is 0.504 e. The molecule has 0 aliphatic carbocycles. The molecule has 0 spiro atoms. The van der Waals surface area contributed by atoms with Gasteiger partial charge in [-0.05, 0) is 33.9 Å². The van der Waals surface area contributed by atoms with E-state index in [0.717, 1.165) is 9.37 Å². The second kappa shape index (κ2) is 5.57. The number of rotatable bonds is 3. The first-order chi connectivity index (χ1) is 8.15. The molecular formula is C10H7BrClN3OS. The Balaban J connectivity index is 2.07. The summed E-state index contributed by atoms with van der Waals surface area (Å²) in [5, 5.41) is 9.97. The third-order valence-electron chi connectivity index (χ3n) is 1.78. The van der Waals surface area contributed by atoms with Gasteiger partial charge >= 0.3 is 0 Å². The Labute approximate surface area is 116 Å². The number of hydrogen-bond donors (Lipinski definition) is 2. The summed E-state index contributed by atoms with van der Waals surface area (Å²) in [5.74, 6) is 0.368. The van der Waals surface area contributed by atoms with Gasteiger partial charge in [0.05, 0.1) is 5.02 Å². The second-order valence-electron chi connectivity index (χ2n) is 3.06. The van der Waals surface area contributed by atoms with E-state index in [2.05, 4.69) is 30.6 Å². The molecule has 0 amide bonds. The van der Waals surface area contributed by atoms with Gasteiger partial charge in [0, 0.05) is 34.0 Å². The van der Waals surface area contributed by atoms with Crippen LogP contribution in [0.2, 0.25) is 5.02 Å². The van der Waals surface area contributed by atoms with Crippen molar-refractivity contribution >= 4 is 45.3 Å². The Morgan fingerprint density at radius 2 is 2.12 bits per heavy atom.